The molecule has 2 heterocycles. The number of Topliss-reactive ketones (excluding diaryl/α,β-unsaturated/α-hetero) is 1. The van der Waals surface area contributed by atoms with Gasteiger partial charge >= 0.3 is 6.01 Å². The Kier molecular flexibility index (Phi) is 2.07. The molecule has 0 unspecified atom stereocenters. The van der Waals surface area contributed by atoms with Crippen LogP contribution < -0.4 is 4.90 Å². The van der Waals surface area contributed by atoms with Crippen LogP contribution in [0.5, 0.6) is 0 Å². The van der Waals surface area contributed by atoms with E-state index in [1.54, 1.807) is 6.92 Å². The van der Waals surface area contributed by atoms with Gasteiger partial charge in [0.25, 0.3) is 0 Å². The first-order chi connectivity index (χ1) is 6.66. The second kappa shape index (κ2) is 3.25. The van der Waals surface area contributed by atoms with Crippen LogP contribution in [0.1, 0.15) is 18.5 Å². The fraction of sp³-hybridized carbons (Fsp3) is 0.444. The molecular weight excluding hydrogens is 184 g/mol. The fourth-order valence-electron chi connectivity index (χ4n) is 1.38. The first-order valence-corrected chi connectivity index (χ1v) is 4.41. The minimum atomic E-state index is -0.233. The monoisotopic (exact) mass is 194 g/mol. The molecular formula is C9H10N2O3. The molecule has 1 aliphatic heterocycles. The number of nitrogens with zero attached hydrogens (tertiary/aromatic N) is 2. The predicted molar refractivity (Wildman–Crippen MR) is 47.8 cm³/mol. The Morgan fingerprint density at radius 1 is 1.50 bits per heavy atom. The lowest BCUT2D eigenvalue weighted by Crippen LogP contribution is -2.39. The van der Waals surface area contributed by atoms with Crippen molar-refractivity contribution >= 4 is 17.7 Å². The van der Waals surface area contributed by atoms with E-state index in [2.05, 4.69) is 4.98 Å². The van der Waals surface area contributed by atoms with Gasteiger partial charge in [0.05, 0.1) is 12.1 Å². The molecule has 0 saturated carbocycles. The van der Waals surface area contributed by atoms with E-state index >= 15 is 0 Å². The van der Waals surface area contributed by atoms with Crippen LogP contribution in [0.4, 0.5) is 6.01 Å². The third kappa shape index (κ3) is 1.53. The molecule has 1 aromatic rings. The SMILES string of the molecule is Cc1coc(N2CCC(=O)CC2=O)n1. The number of carbonyl (C=O) groups is 2. The Bertz CT molecular complexity index is 383. The van der Waals surface area contributed by atoms with Crippen molar-refractivity contribution in [1.82, 2.24) is 4.98 Å². The van der Waals surface area contributed by atoms with Crippen molar-refractivity contribution in [2.24, 2.45) is 0 Å². The number of amides is 1. The van der Waals surface area contributed by atoms with Crippen molar-refractivity contribution in [3.05, 3.63) is 12.0 Å². The minimum absolute atomic E-state index is 0.0190. The van der Waals surface area contributed by atoms with E-state index in [-0.39, 0.29) is 18.1 Å². The first kappa shape index (κ1) is 8.93. The van der Waals surface area contributed by atoms with Crippen molar-refractivity contribution in [3.8, 4) is 0 Å². The van der Waals surface area contributed by atoms with E-state index in [0.717, 1.165) is 5.69 Å². The van der Waals surface area contributed by atoms with Crippen molar-refractivity contribution < 1.29 is 14.0 Å². The predicted octanol–water partition coefficient (Wildman–Crippen LogP) is 0.679. The number of aromatic nitrogens is 1. The molecule has 5 heteroatoms. The number of aryl methyl sites for hydroxylation is 1. The molecule has 0 radical (unpaired) electrons. The molecule has 0 aliphatic carbocycles. The van der Waals surface area contributed by atoms with Crippen molar-refractivity contribution in [2.45, 2.75) is 19.8 Å². The van der Waals surface area contributed by atoms with Gasteiger partial charge in [0, 0.05) is 13.0 Å². The lowest BCUT2D eigenvalue weighted by Gasteiger charge is -2.21. The average molecular weight is 194 g/mol. The third-order valence-electron chi connectivity index (χ3n) is 2.10. The smallest absolute Gasteiger partial charge is 0.304 e. The molecule has 1 saturated heterocycles. The Balaban J connectivity index is 2.19. The van der Waals surface area contributed by atoms with Gasteiger partial charge in [-0.3, -0.25) is 14.5 Å². The molecule has 0 aromatic carbocycles. The molecule has 0 spiro atoms. The van der Waals surface area contributed by atoms with Crippen molar-refractivity contribution in [3.63, 3.8) is 0 Å². The summed E-state index contributed by atoms with van der Waals surface area (Å²) in [6.07, 6.45) is 1.83. The molecule has 0 bridgehead atoms. The first-order valence-electron chi connectivity index (χ1n) is 4.41. The summed E-state index contributed by atoms with van der Waals surface area (Å²) in [6.45, 7) is 2.16. The van der Waals surface area contributed by atoms with Crippen LogP contribution in [0.3, 0.4) is 0 Å². The minimum Gasteiger partial charge on any atom is -0.431 e. The van der Waals surface area contributed by atoms with Crippen LogP contribution in [-0.4, -0.2) is 23.2 Å². The maximum absolute atomic E-state index is 11.4. The molecule has 0 N–H and O–H groups in total. The quantitative estimate of drug-likeness (QED) is 0.616. The normalized spacial score (nSPS) is 17.6. The van der Waals surface area contributed by atoms with Gasteiger partial charge in [-0.15, -0.1) is 0 Å². The number of rotatable bonds is 1. The summed E-state index contributed by atoms with van der Waals surface area (Å²) in [7, 11) is 0. The van der Waals surface area contributed by atoms with Crippen LogP contribution in [0.25, 0.3) is 0 Å². The van der Waals surface area contributed by atoms with Gasteiger partial charge < -0.3 is 4.42 Å². The number of anilines is 1. The highest BCUT2D eigenvalue weighted by atomic mass is 16.4. The number of piperidine rings is 1. The van der Waals surface area contributed by atoms with E-state index in [1.807, 2.05) is 0 Å². The number of carbonyl (C=O) groups excluding carboxylic acids is 2. The van der Waals surface area contributed by atoms with E-state index in [1.165, 1.54) is 11.2 Å². The molecule has 1 fully saturated rings. The van der Waals surface area contributed by atoms with Gasteiger partial charge in [-0.1, -0.05) is 0 Å². The van der Waals surface area contributed by atoms with Gasteiger partial charge in [0.1, 0.15) is 12.0 Å². The van der Waals surface area contributed by atoms with Gasteiger partial charge in [-0.2, -0.15) is 4.98 Å². The van der Waals surface area contributed by atoms with Gasteiger partial charge in [0.15, 0.2) is 0 Å². The topological polar surface area (TPSA) is 63.4 Å². The Morgan fingerprint density at radius 3 is 2.86 bits per heavy atom. The van der Waals surface area contributed by atoms with E-state index in [4.69, 9.17) is 4.42 Å². The summed E-state index contributed by atoms with van der Waals surface area (Å²) in [6, 6.07) is 0.292. The van der Waals surface area contributed by atoms with Crippen molar-refractivity contribution in [1.29, 1.82) is 0 Å². The second-order valence-corrected chi connectivity index (χ2v) is 3.28. The van der Waals surface area contributed by atoms with Crippen molar-refractivity contribution in [2.75, 3.05) is 11.4 Å². The lowest BCUT2D eigenvalue weighted by molar-refractivity contribution is -0.128. The Hall–Kier alpha value is -1.65. The third-order valence-corrected chi connectivity index (χ3v) is 2.10. The number of hydrogen-bond acceptors (Lipinski definition) is 4. The van der Waals surface area contributed by atoms with E-state index < -0.39 is 0 Å². The molecule has 0 atom stereocenters. The lowest BCUT2D eigenvalue weighted by atomic mass is 10.1. The van der Waals surface area contributed by atoms with Crippen LogP contribution in [0.2, 0.25) is 0 Å². The van der Waals surface area contributed by atoms with Crippen LogP contribution in [-0.2, 0) is 9.59 Å². The highest BCUT2D eigenvalue weighted by Crippen LogP contribution is 2.18. The molecule has 1 aromatic heterocycles. The fourth-order valence-corrected chi connectivity index (χ4v) is 1.38. The second-order valence-electron chi connectivity index (χ2n) is 3.28. The molecule has 1 aliphatic rings. The largest absolute Gasteiger partial charge is 0.431 e. The van der Waals surface area contributed by atoms with Crippen LogP contribution in [0.15, 0.2) is 10.7 Å². The van der Waals surface area contributed by atoms with E-state index in [9.17, 15) is 9.59 Å². The summed E-state index contributed by atoms with van der Waals surface area (Å²) in [5.74, 6) is -0.252. The summed E-state index contributed by atoms with van der Waals surface area (Å²) in [5, 5.41) is 0. The zero-order valence-corrected chi connectivity index (χ0v) is 7.82. The zero-order valence-electron chi connectivity index (χ0n) is 7.82. The average Bonchev–Trinajstić information content (AvgIpc) is 2.51. The van der Waals surface area contributed by atoms with Crippen LogP contribution in [0, 0.1) is 6.92 Å². The molecule has 5 nitrogen and oxygen atoms in total. The van der Waals surface area contributed by atoms with Gasteiger partial charge in [-0.25, -0.2) is 0 Å². The number of hydrogen-bond donors (Lipinski definition) is 0. The summed E-state index contributed by atoms with van der Waals surface area (Å²) >= 11 is 0. The number of oxazole rings is 1. The molecule has 14 heavy (non-hydrogen) atoms. The standard InChI is InChI=1S/C9H10N2O3/c1-6-5-14-9(10-6)11-3-2-7(12)4-8(11)13/h5H,2-4H2,1H3. The zero-order chi connectivity index (χ0) is 10.1. The molecule has 2 rings (SSSR count). The highest BCUT2D eigenvalue weighted by Gasteiger charge is 2.27. The summed E-state index contributed by atoms with van der Waals surface area (Å²) < 4.78 is 5.09. The van der Waals surface area contributed by atoms with E-state index in [0.29, 0.717) is 19.0 Å². The molecule has 74 valence electrons. The maximum atomic E-state index is 11.4. The van der Waals surface area contributed by atoms with Gasteiger partial charge in [0.2, 0.25) is 5.91 Å². The summed E-state index contributed by atoms with van der Waals surface area (Å²) in [5.41, 5.74) is 0.727. The van der Waals surface area contributed by atoms with Gasteiger partial charge in [-0.05, 0) is 6.92 Å². The Morgan fingerprint density at radius 2 is 2.29 bits per heavy atom. The maximum Gasteiger partial charge on any atom is 0.304 e. The van der Waals surface area contributed by atoms with Crippen LogP contribution >= 0.6 is 0 Å². The number of ketones is 1. The Labute approximate surface area is 80.7 Å². The molecule has 1 amide bonds. The summed E-state index contributed by atoms with van der Waals surface area (Å²) in [4.78, 5) is 27.8. The highest BCUT2D eigenvalue weighted by molar-refractivity contribution is 6.07.